The Hall–Kier alpha value is -2.48. The van der Waals surface area contributed by atoms with Gasteiger partial charge in [-0.15, -0.1) is 13.2 Å². The van der Waals surface area contributed by atoms with Gasteiger partial charge < -0.3 is 18.6 Å². The fraction of sp³-hybridized carbons (Fsp3) is 0.576. The second-order valence-electron chi connectivity index (χ2n) is 12.5. The third-order valence-corrected chi connectivity index (χ3v) is 12.4. The monoisotopic (exact) mass is 572 g/mol. The largest absolute Gasteiger partial charge is 0.497 e. The molecular weight excluding hydrogens is 520 g/mol. The molecule has 1 rings (SSSR count). The zero-order valence-corrected chi connectivity index (χ0v) is 27.5. The first kappa shape index (κ1) is 35.5. The molecule has 0 spiro atoms. The summed E-state index contributed by atoms with van der Waals surface area (Å²) in [6.45, 7) is 26.5. The average molecular weight is 573 g/mol. The van der Waals surface area contributed by atoms with Gasteiger partial charge >= 0.3 is 5.97 Å². The van der Waals surface area contributed by atoms with Crippen LogP contribution in [0.4, 0.5) is 0 Å². The SMILES string of the molecule is C=CC[C@@H](OCc1ccc(OC)cc1)C(C)(C)C(=O)/C=C(\C)CCOC(=O)C(C)[C@@H](C=C)O[Si](C)(C)C(C)(C)C. The van der Waals surface area contributed by atoms with Gasteiger partial charge in [-0.2, -0.15) is 0 Å². The van der Waals surface area contributed by atoms with E-state index < -0.39 is 25.8 Å². The van der Waals surface area contributed by atoms with Gasteiger partial charge in [-0.3, -0.25) is 9.59 Å². The zero-order valence-electron chi connectivity index (χ0n) is 26.5. The van der Waals surface area contributed by atoms with E-state index in [0.29, 0.717) is 19.4 Å². The molecular formula is C33H52O6Si. The highest BCUT2D eigenvalue weighted by atomic mass is 28.4. The van der Waals surface area contributed by atoms with Crippen LogP contribution in [0.3, 0.4) is 0 Å². The minimum absolute atomic E-state index is 0.0194. The van der Waals surface area contributed by atoms with Gasteiger partial charge in [0.15, 0.2) is 14.1 Å². The highest BCUT2D eigenvalue weighted by Crippen LogP contribution is 2.38. The van der Waals surface area contributed by atoms with Gasteiger partial charge in [0.2, 0.25) is 0 Å². The van der Waals surface area contributed by atoms with E-state index >= 15 is 0 Å². The molecule has 224 valence electrons. The van der Waals surface area contributed by atoms with Gasteiger partial charge in [0, 0.05) is 6.42 Å². The van der Waals surface area contributed by atoms with Gasteiger partial charge in [-0.25, -0.2) is 0 Å². The number of methoxy groups -OCH3 is 1. The summed E-state index contributed by atoms with van der Waals surface area (Å²) in [6.07, 6.45) is 5.34. The van der Waals surface area contributed by atoms with Gasteiger partial charge in [0.1, 0.15) is 5.75 Å². The molecule has 1 aromatic carbocycles. The Kier molecular flexibility index (Phi) is 13.8. The van der Waals surface area contributed by atoms with Crippen molar-refractivity contribution in [1.29, 1.82) is 0 Å². The minimum atomic E-state index is -2.08. The van der Waals surface area contributed by atoms with E-state index in [4.69, 9.17) is 18.6 Å². The lowest BCUT2D eigenvalue weighted by Crippen LogP contribution is -2.46. The zero-order chi connectivity index (χ0) is 30.7. The first-order valence-corrected chi connectivity index (χ1v) is 16.9. The fourth-order valence-corrected chi connectivity index (χ4v) is 5.07. The molecule has 0 saturated heterocycles. The third-order valence-electron chi connectivity index (χ3n) is 7.88. The highest BCUT2D eigenvalue weighted by molar-refractivity contribution is 6.74. The number of carbonyl (C=O) groups excluding carboxylic acids is 2. The number of carbonyl (C=O) groups is 2. The Morgan fingerprint density at radius 1 is 1.05 bits per heavy atom. The van der Waals surface area contributed by atoms with Crippen LogP contribution in [0.15, 0.2) is 61.2 Å². The molecule has 1 unspecified atom stereocenters. The van der Waals surface area contributed by atoms with Gasteiger partial charge in [-0.1, -0.05) is 64.5 Å². The van der Waals surface area contributed by atoms with E-state index in [0.717, 1.165) is 16.9 Å². The molecule has 6 nitrogen and oxygen atoms in total. The summed E-state index contributed by atoms with van der Waals surface area (Å²) in [6, 6.07) is 7.66. The molecule has 0 fully saturated rings. The lowest BCUT2D eigenvalue weighted by atomic mass is 9.79. The Morgan fingerprint density at radius 3 is 2.15 bits per heavy atom. The molecule has 0 N–H and O–H groups in total. The van der Waals surface area contributed by atoms with Crippen LogP contribution in [0.2, 0.25) is 18.1 Å². The summed E-state index contributed by atoms with van der Waals surface area (Å²) in [7, 11) is -0.446. The van der Waals surface area contributed by atoms with E-state index in [1.54, 1.807) is 25.3 Å². The van der Waals surface area contributed by atoms with Crippen LogP contribution in [-0.4, -0.2) is 46.0 Å². The number of ketones is 1. The molecule has 0 aromatic heterocycles. The third kappa shape index (κ3) is 10.5. The highest BCUT2D eigenvalue weighted by Gasteiger charge is 2.41. The van der Waals surface area contributed by atoms with Gasteiger partial charge in [0.05, 0.1) is 43.9 Å². The van der Waals surface area contributed by atoms with Crippen molar-refractivity contribution in [2.45, 2.75) is 98.3 Å². The second kappa shape index (κ2) is 15.5. The standard InChI is InChI=1S/C33H52O6Si/c1-13-15-30(38-23-26-16-18-27(36-10)19-17-26)33(8,9)29(34)22-24(3)20-21-37-31(35)25(4)28(14-2)39-40(11,12)32(5,6)7/h13-14,16-19,22,25,28,30H,1-2,15,20-21,23H2,3-12H3/b24-22+/t25?,28-,30-/m1/s1. The molecule has 7 heteroatoms. The van der Waals surface area contributed by atoms with Crippen molar-refractivity contribution >= 4 is 20.1 Å². The summed E-state index contributed by atoms with van der Waals surface area (Å²) < 4.78 is 23.4. The Balaban J connectivity index is 2.75. The Morgan fingerprint density at radius 2 is 1.65 bits per heavy atom. The average Bonchev–Trinajstić information content (AvgIpc) is 2.88. The smallest absolute Gasteiger partial charge is 0.311 e. The van der Waals surface area contributed by atoms with Crippen LogP contribution in [0.25, 0.3) is 0 Å². The van der Waals surface area contributed by atoms with Crippen LogP contribution in [-0.2, 0) is 30.1 Å². The summed E-state index contributed by atoms with van der Waals surface area (Å²) >= 11 is 0. The van der Waals surface area contributed by atoms with E-state index in [1.807, 2.05) is 52.0 Å². The molecule has 0 heterocycles. The lowest BCUT2D eigenvalue weighted by Gasteiger charge is -2.39. The summed E-state index contributed by atoms with van der Waals surface area (Å²) in [5.74, 6) is -0.0663. The van der Waals surface area contributed by atoms with Crippen molar-refractivity contribution < 1.29 is 28.2 Å². The van der Waals surface area contributed by atoms with E-state index in [9.17, 15) is 9.59 Å². The molecule has 0 aliphatic heterocycles. The van der Waals surface area contributed by atoms with Crippen LogP contribution < -0.4 is 4.74 Å². The molecule has 3 atom stereocenters. The first-order chi connectivity index (χ1) is 18.5. The maximum Gasteiger partial charge on any atom is 0.311 e. The molecule has 0 saturated carbocycles. The summed E-state index contributed by atoms with van der Waals surface area (Å²) in [4.78, 5) is 26.1. The molecule has 0 aliphatic carbocycles. The van der Waals surface area contributed by atoms with Crippen molar-refractivity contribution in [3.8, 4) is 5.75 Å². The van der Waals surface area contributed by atoms with Crippen LogP contribution in [0.5, 0.6) is 5.75 Å². The predicted molar refractivity (Wildman–Crippen MR) is 166 cm³/mol. The Labute approximate surface area is 243 Å². The van der Waals surface area contributed by atoms with E-state index in [-0.39, 0.29) is 29.5 Å². The Bertz CT molecular complexity index is 1020. The molecule has 0 bridgehead atoms. The van der Waals surface area contributed by atoms with Crippen molar-refractivity contribution in [3.63, 3.8) is 0 Å². The summed E-state index contributed by atoms with van der Waals surface area (Å²) in [5.41, 5.74) is 1.06. The normalized spacial score (nSPS) is 15.1. The van der Waals surface area contributed by atoms with Crippen LogP contribution in [0, 0.1) is 11.3 Å². The predicted octanol–water partition coefficient (Wildman–Crippen LogP) is 7.84. The van der Waals surface area contributed by atoms with Crippen LogP contribution >= 0.6 is 0 Å². The van der Waals surface area contributed by atoms with Crippen molar-refractivity contribution in [1.82, 2.24) is 0 Å². The van der Waals surface area contributed by atoms with Crippen LogP contribution in [0.1, 0.15) is 66.9 Å². The number of esters is 1. The molecule has 1 aromatic rings. The number of hydrogen-bond donors (Lipinski definition) is 0. The lowest BCUT2D eigenvalue weighted by molar-refractivity contribution is -0.150. The number of ether oxygens (including phenoxy) is 3. The van der Waals surface area contributed by atoms with Gasteiger partial charge in [0.25, 0.3) is 0 Å². The van der Waals surface area contributed by atoms with E-state index in [2.05, 4.69) is 47.0 Å². The molecule has 0 aliphatic rings. The maximum atomic E-state index is 13.3. The quantitative estimate of drug-likeness (QED) is 0.0819. The van der Waals surface area contributed by atoms with Crippen molar-refractivity contribution in [2.24, 2.45) is 11.3 Å². The number of allylic oxidation sites excluding steroid dienone is 1. The van der Waals surface area contributed by atoms with Crippen molar-refractivity contribution in [3.05, 3.63) is 66.8 Å². The maximum absolute atomic E-state index is 13.3. The van der Waals surface area contributed by atoms with E-state index in [1.165, 1.54) is 0 Å². The minimum Gasteiger partial charge on any atom is -0.497 e. The van der Waals surface area contributed by atoms with Gasteiger partial charge in [-0.05, 0) is 62.2 Å². The molecule has 0 amide bonds. The molecule has 0 radical (unpaired) electrons. The second-order valence-corrected chi connectivity index (χ2v) is 17.3. The fourth-order valence-electron chi connectivity index (χ4n) is 3.73. The van der Waals surface area contributed by atoms with Crippen molar-refractivity contribution in [2.75, 3.05) is 13.7 Å². The first-order valence-electron chi connectivity index (χ1n) is 14.0. The summed E-state index contributed by atoms with van der Waals surface area (Å²) in [5, 5.41) is 0.0194. The number of rotatable bonds is 17. The molecule has 40 heavy (non-hydrogen) atoms. The number of hydrogen-bond acceptors (Lipinski definition) is 6. The number of benzene rings is 1. The topological polar surface area (TPSA) is 71.1 Å².